The molecule has 4 N–H and O–H groups in total. The summed E-state index contributed by atoms with van der Waals surface area (Å²) in [7, 11) is 2.02. The van der Waals surface area contributed by atoms with Crippen LogP contribution in [-0.2, 0) is 0 Å². The predicted octanol–water partition coefficient (Wildman–Crippen LogP) is 1.91. The molecule has 0 bridgehead atoms. The highest BCUT2D eigenvalue weighted by Gasteiger charge is 2.24. The Labute approximate surface area is 118 Å². The first-order chi connectivity index (χ1) is 9.69. The Morgan fingerprint density at radius 1 is 1.35 bits per heavy atom. The van der Waals surface area contributed by atoms with Gasteiger partial charge in [-0.2, -0.15) is 0 Å². The lowest BCUT2D eigenvalue weighted by Crippen LogP contribution is -2.29. The molecule has 1 aromatic heterocycles. The van der Waals surface area contributed by atoms with Crippen LogP contribution in [-0.4, -0.2) is 29.0 Å². The van der Waals surface area contributed by atoms with E-state index in [0.29, 0.717) is 17.5 Å². The standard InChI is InChI=1S/C15H20N4O/c1-17-10-7-5-9(6-8-10)15-18-12-4-2-3-11(14(16)20)13(12)19-15/h2-4,9-10,17H,5-8H2,1H3,(H2,16,20)(H,18,19)/t9-,10+. The molecule has 1 aromatic carbocycles. The van der Waals surface area contributed by atoms with Crippen LogP contribution in [0.2, 0.25) is 0 Å². The van der Waals surface area contributed by atoms with Crippen molar-refractivity contribution < 1.29 is 4.79 Å². The lowest BCUT2D eigenvalue weighted by molar-refractivity contribution is 0.100. The third kappa shape index (κ3) is 2.29. The van der Waals surface area contributed by atoms with Gasteiger partial charge in [0.15, 0.2) is 0 Å². The maximum Gasteiger partial charge on any atom is 0.250 e. The van der Waals surface area contributed by atoms with Gasteiger partial charge in [-0.3, -0.25) is 4.79 Å². The summed E-state index contributed by atoms with van der Waals surface area (Å²) in [6, 6.07) is 6.10. The van der Waals surface area contributed by atoms with Crippen molar-refractivity contribution in [1.82, 2.24) is 15.3 Å². The number of hydrogen-bond donors (Lipinski definition) is 3. The molecule has 5 heteroatoms. The summed E-state index contributed by atoms with van der Waals surface area (Å²) >= 11 is 0. The van der Waals surface area contributed by atoms with E-state index in [1.807, 2.05) is 19.2 Å². The minimum absolute atomic E-state index is 0.412. The zero-order valence-electron chi connectivity index (χ0n) is 11.6. The summed E-state index contributed by atoms with van der Waals surface area (Å²) in [6.07, 6.45) is 4.58. The number of benzene rings is 1. The number of primary amides is 1. The van der Waals surface area contributed by atoms with Crippen molar-refractivity contribution in [3.05, 3.63) is 29.6 Å². The van der Waals surface area contributed by atoms with Crippen LogP contribution in [0.3, 0.4) is 0 Å². The van der Waals surface area contributed by atoms with E-state index in [4.69, 9.17) is 5.73 Å². The lowest BCUT2D eigenvalue weighted by Gasteiger charge is -2.26. The number of aromatic amines is 1. The van der Waals surface area contributed by atoms with Gasteiger partial charge in [-0.15, -0.1) is 0 Å². The Hall–Kier alpha value is -1.88. The van der Waals surface area contributed by atoms with Gasteiger partial charge in [0.25, 0.3) is 5.91 Å². The molecule has 2 aromatic rings. The van der Waals surface area contributed by atoms with Gasteiger partial charge >= 0.3 is 0 Å². The molecule has 1 fully saturated rings. The van der Waals surface area contributed by atoms with E-state index in [2.05, 4.69) is 15.3 Å². The fourth-order valence-corrected chi connectivity index (χ4v) is 3.10. The smallest absolute Gasteiger partial charge is 0.250 e. The number of H-pyrrole nitrogens is 1. The van der Waals surface area contributed by atoms with Crippen LogP contribution >= 0.6 is 0 Å². The monoisotopic (exact) mass is 272 g/mol. The van der Waals surface area contributed by atoms with Crippen LogP contribution in [0.15, 0.2) is 18.2 Å². The average Bonchev–Trinajstić information content (AvgIpc) is 2.90. The van der Waals surface area contributed by atoms with Crippen molar-refractivity contribution in [2.75, 3.05) is 7.05 Å². The van der Waals surface area contributed by atoms with Gasteiger partial charge in [0.1, 0.15) is 5.82 Å². The maximum absolute atomic E-state index is 11.4. The molecule has 1 amide bonds. The highest BCUT2D eigenvalue weighted by molar-refractivity contribution is 6.04. The van der Waals surface area contributed by atoms with Crippen LogP contribution in [0.4, 0.5) is 0 Å². The van der Waals surface area contributed by atoms with Gasteiger partial charge in [0.2, 0.25) is 0 Å². The Bertz CT molecular complexity index is 626. The first-order valence-corrected chi connectivity index (χ1v) is 7.14. The predicted molar refractivity (Wildman–Crippen MR) is 78.7 cm³/mol. The molecule has 0 radical (unpaired) electrons. The summed E-state index contributed by atoms with van der Waals surface area (Å²) in [5, 5.41) is 3.33. The molecule has 5 nitrogen and oxygen atoms in total. The Morgan fingerprint density at radius 3 is 2.75 bits per heavy atom. The molecule has 0 spiro atoms. The third-order valence-electron chi connectivity index (χ3n) is 4.32. The SMILES string of the molecule is CN[C@H]1CC[C@@H](c2nc3cccc(C(N)=O)c3[nH]2)CC1. The maximum atomic E-state index is 11.4. The number of para-hydroxylation sites is 1. The Kier molecular flexibility index (Phi) is 3.44. The molecule has 1 heterocycles. The van der Waals surface area contributed by atoms with Crippen LogP contribution < -0.4 is 11.1 Å². The topological polar surface area (TPSA) is 83.8 Å². The minimum atomic E-state index is -0.412. The van der Waals surface area contributed by atoms with Crippen LogP contribution in [0.25, 0.3) is 11.0 Å². The highest BCUT2D eigenvalue weighted by Crippen LogP contribution is 2.32. The quantitative estimate of drug-likeness (QED) is 0.798. The molecule has 1 saturated carbocycles. The first kappa shape index (κ1) is 13.1. The second-order valence-corrected chi connectivity index (χ2v) is 5.52. The molecular weight excluding hydrogens is 252 g/mol. The lowest BCUT2D eigenvalue weighted by atomic mass is 9.86. The van der Waals surface area contributed by atoms with Crippen LogP contribution in [0.1, 0.15) is 47.8 Å². The first-order valence-electron chi connectivity index (χ1n) is 7.14. The van der Waals surface area contributed by atoms with E-state index in [1.165, 1.54) is 12.8 Å². The molecule has 0 unspecified atom stereocenters. The number of carbonyl (C=O) groups excluding carboxylic acids is 1. The fourth-order valence-electron chi connectivity index (χ4n) is 3.10. The van der Waals surface area contributed by atoms with E-state index in [0.717, 1.165) is 29.7 Å². The van der Waals surface area contributed by atoms with E-state index in [9.17, 15) is 4.79 Å². The van der Waals surface area contributed by atoms with Crippen LogP contribution in [0, 0.1) is 0 Å². The van der Waals surface area contributed by atoms with Crippen molar-refractivity contribution in [2.45, 2.75) is 37.6 Å². The number of imidazole rings is 1. The molecular formula is C15H20N4O. The number of nitrogens with two attached hydrogens (primary N) is 1. The molecule has 3 rings (SSSR count). The van der Waals surface area contributed by atoms with E-state index < -0.39 is 5.91 Å². The number of fused-ring (bicyclic) bond motifs is 1. The highest BCUT2D eigenvalue weighted by atomic mass is 16.1. The van der Waals surface area contributed by atoms with E-state index in [-0.39, 0.29) is 0 Å². The zero-order valence-corrected chi connectivity index (χ0v) is 11.6. The molecule has 0 aliphatic heterocycles. The number of carbonyl (C=O) groups is 1. The van der Waals surface area contributed by atoms with Crippen molar-refractivity contribution >= 4 is 16.9 Å². The van der Waals surface area contributed by atoms with Crippen molar-refractivity contribution in [2.24, 2.45) is 5.73 Å². The van der Waals surface area contributed by atoms with E-state index >= 15 is 0 Å². The van der Waals surface area contributed by atoms with Crippen molar-refractivity contribution in [3.8, 4) is 0 Å². The van der Waals surface area contributed by atoms with Gasteiger partial charge in [-0.05, 0) is 44.9 Å². The number of rotatable bonds is 3. The number of amides is 1. The van der Waals surface area contributed by atoms with Gasteiger partial charge in [0, 0.05) is 12.0 Å². The third-order valence-corrected chi connectivity index (χ3v) is 4.32. The van der Waals surface area contributed by atoms with Gasteiger partial charge in [0.05, 0.1) is 16.6 Å². The molecule has 0 atom stereocenters. The normalized spacial score (nSPS) is 23.1. The van der Waals surface area contributed by atoms with E-state index in [1.54, 1.807) is 6.07 Å². The van der Waals surface area contributed by atoms with Gasteiger partial charge in [-0.25, -0.2) is 4.98 Å². The van der Waals surface area contributed by atoms with Crippen molar-refractivity contribution in [3.63, 3.8) is 0 Å². The molecule has 1 aliphatic rings. The summed E-state index contributed by atoms with van der Waals surface area (Å²) < 4.78 is 0. The number of nitrogens with zero attached hydrogens (tertiary/aromatic N) is 1. The Morgan fingerprint density at radius 2 is 2.10 bits per heavy atom. The van der Waals surface area contributed by atoms with Gasteiger partial charge in [-0.1, -0.05) is 6.07 Å². The summed E-state index contributed by atoms with van der Waals surface area (Å²) in [6.45, 7) is 0. The van der Waals surface area contributed by atoms with Gasteiger partial charge < -0.3 is 16.0 Å². The molecule has 0 saturated heterocycles. The average molecular weight is 272 g/mol. The zero-order chi connectivity index (χ0) is 14.1. The fraction of sp³-hybridized carbons (Fsp3) is 0.467. The Balaban J connectivity index is 1.90. The number of nitrogens with one attached hydrogen (secondary N) is 2. The summed E-state index contributed by atoms with van der Waals surface area (Å²) in [4.78, 5) is 19.4. The summed E-state index contributed by atoms with van der Waals surface area (Å²) in [5.74, 6) is 1.03. The molecule has 20 heavy (non-hydrogen) atoms. The molecule has 106 valence electrons. The molecule has 1 aliphatic carbocycles. The van der Waals surface area contributed by atoms with Crippen LogP contribution in [0.5, 0.6) is 0 Å². The largest absolute Gasteiger partial charge is 0.366 e. The van der Waals surface area contributed by atoms with Crippen molar-refractivity contribution in [1.29, 1.82) is 0 Å². The number of aromatic nitrogens is 2. The number of hydrogen-bond acceptors (Lipinski definition) is 3. The second-order valence-electron chi connectivity index (χ2n) is 5.52. The second kappa shape index (κ2) is 5.25. The summed E-state index contributed by atoms with van der Waals surface area (Å²) in [5.41, 5.74) is 7.52. The minimum Gasteiger partial charge on any atom is -0.366 e.